The monoisotopic (exact) mass is 440 g/mol. The van der Waals surface area contributed by atoms with Gasteiger partial charge in [-0.25, -0.2) is 9.59 Å². The number of carbonyl (C=O) groups is 3. The zero-order chi connectivity index (χ0) is 22.5. The maximum atomic E-state index is 12.5. The largest absolute Gasteiger partial charge is 0.478 e. The second-order valence-corrected chi connectivity index (χ2v) is 7.26. The van der Waals surface area contributed by atoms with E-state index in [1.54, 1.807) is 0 Å². The first-order valence-corrected chi connectivity index (χ1v) is 10.5. The van der Waals surface area contributed by atoms with Gasteiger partial charge in [0.2, 0.25) is 11.6 Å². The molecule has 31 heavy (non-hydrogen) atoms. The molecule has 0 aromatic rings. The van der Waals surface area contributed by atoms with Crippen LogP contribution in [0.2, 0.25) is 0 Å². The first-order valence-electron chi connectivity index (χ1n) is 10.5. The molecule has 0 aliphatic carbocycles. The minimum absolute atomic E-state index is 0.00855. The van der Waals surface area contributed by atoms with Gasteiger partial charge in [-0.2, -0.15) is 0 Å². The van der Waals surface area contributed by atoms with Gasteiger partial charge in [-0.15, -0.1) is 0 Å². The average molecular weight is 441 g/mol. The molecule has 2 rings (SSSR count). The number of carboxylic acids is 1. The maximum Gasteiger partial charge on any atom is 0.409 e. The summed E-state index contributed by atoms with van der Waals surface area (Å²) in [6.07, 6.45) is 4.88. The number of aliphatic carboxylic acids is 1. The Morgan fingerprint density at radius 3 is 2.84 bits per heavy atom. The van der Waals surface area contributed by atoms with E-state index in [2.05, 4.69) is 31.7 Å². The van der Waals surface area contributed by atoms with Crippen molar-refractivity contribution in [1.29, 1.82) is 0 Å². The van der Waals surface area contributed by atoms with Crippen molar-refractivity contribution in [2.24, 2.45) is 5.16 Å². The number of oxime groups is 1. The van der Waals surface area contributed by atoms with Crippen LogP contribution in [0.1, 0.15) is 45.4 Å². The molecule has 6 N–H and O–H groups in total. The van der Waals surface area contributed by atoms with E-state index in [-0.39, 0.29) is 25.7 Å². The molecule has 0 aromatic heterocycles. The van der Waals surface area contributed by atoms with Crippen molar-refractivity contribution >= 4 is 23.7 Å². The van der Waals surface area contributed by atoms with E-state index in [1.807, 2.05) is 19.2 Å². The third-order valence-electron chi connectivity index (χ3n) is 4.66. The van der Waals surface area contributed by atoms with Crippen molar-refractivity contribution in [1.82, 2.24) is 26.6 Å². The Balaban J connectivity index is 1.94. The second-order valence-electron chi connectivity index (χ2n) is 7.26. The number of hydrogen-bond acceptors (Lipinski definition) is 9. The standard InChI is InChI=1S/C19H32N6O6/c1-2-11-30-18(29)24-19(16(27)28,23-15(26)13-14-6-12-31-25-14)7-3-4-8-20-17-21-9-5-10-22-17/h5,9,17,20-22H,2-4,6-8,10-13H2,1H3,(H,23,26)(H,24,29)(H,27,28). The number of ether oxygens (including phenoxy) is 1. The summed E-state index contributed by atoms with van der Waals surface area (Å²) < 4.78 is 4.97. The van der Waals surface area contributed by atoms with Crippen molar-refractivity contribution in [3.63, 3.8) is 0 Å². The molecule has 174 valence electrons. The number of nitrogens with zero attached hydrogens (tertiary/aromatic N) is 1. The molecular formula is C19H32N6O6. The molecule has 2 heterocycles. The van der Waals surface area contributed by atoms with Crippen molar-refractivity contribution < 1.29 is 29.1 Å². The number of alkyl carbamates (subject to hydrolysis) is 1. The minimum atomic E-state index is -1.98. The summed E-state index contributed by atoms with van der Waals surface area (Å²) in [5.74, 6) is -1.93. The number of amides is 2. The van der Waals surface area contributed by atoms with Crippen LogP contribution in [0.15, 0.2) is 17.4 Å². The maximum absolute atomic E-state index is 12.5. The smallest absolute Gasteiger partial charge is 0.409 e. The van der Waals surface area contributed by atoms with E-state index in [0.29, 0.717) is 44.5 Å². The van der Waals surface area contributed by atoms with Crippen LogP contribution in [0, 0.1) is 0 Å². The van der Waals surface area contributed by atoms with Crippen LogP contribution < -0.4 is 26.6 Å². The predicted molar refractivity (Wildman–Crippen MR) is 112 cm³/mol. The van der Waals surface area contributed by atoms with Gasteiger partial charge in [0.05, 0.1) is 18.7 Å². The molecule has 0 aromatic carbocycles. The van der Waals surface area contributed by atoms with Gasteiger partial charge in [0, 0.05) is 19.4 Å². The summed E-state index contributed by atoms with van der Waals surface area (Å²) in [6, 6.07) is 0. The molecule has 0 radical (unpaired) electrons. The fourth-order valence-corrected chi connectivity index (χ4v) is 3.07. The van der Waals surface area contributed by atoms with Gasteiger partial charge in [-0.3, -0.25) is 20.7 Å². The minimum Gasteiger partial charge on any atom is -0.478 e. The molecule has 2 aliphatic heterocycles. The molecule has 0 bridgehead atoms. The van der Waals surface area contributed by atoms with Crippen molar-refractivity contribution in [3.05, 3.63) is 12.3 Å². The Morgan fingerprint density at radius 2 is 2.19 bits per heavy atom. The highest BCUT2D eigenvalue weighted by Gasteiger charge is 2.42. The van der Waals surface area contributed by atoms with E-state index in [4.69, 9.17) is 9.57 Å². The quantitative estimate of drug-likeness (QED) is 0.170. The first kappa shape index (κ1) is 24.4. The Morgan fingerprint density at radius 1 is 1.35 bits per heavy atom. The van der Waals surface area contributed by atoms with Gasteiger partial charge in [0.1, 0.15) is 12.9 Å². The topological polar surface area (TPSA) is 162 Å². The molecule has 0 spiro atoms. The van der Waals surface area contributed by atoms with Crippen molar-refractivity contribution in [2.45, 2.75) is 57.4 Å². The van der Waals surface area contributed by atoms with Gasteiger partial charge < -0.3 is 25.3 Å². The molecule has 12 heteroatoms. The molecule has 0 fully saturated rings. The van der Waals surface area contributed by atoms with Crippen molar-refractivity contribution in [3.8, 4) is 0 Å². The number of carbonyl (C=O) groups excluding carboxylic acids is 2. The van der Waals surface area contributed by atoms with Gasteiger partial charge >= 0.3 is 12.1 Å². The van der Waals surface area contributed by atoms with E-state index in [9.17, 15) is 19.5 Å². The summed E-state index contributed by atoms with van der Waals surface area (Å²) in [6.45, 7) is 3.71. The Bertz CT molecular complexity index is 685. The van der Waals surface area contributed by atoms with Crippen LogP contribution in [0.5, 0.6) is 0 Å². The summed E-state index contributed by atoms with van der Waals surface area (Å²) in [5, 5.41) is 28.0. The number of nitrogens with one attached hydrogen (secondary N) is 5. The Kier molecular flexibility index (Phi) is 10.0. The highest BCUT2D eigenvalue weighted by atomic mass is 16.6. The van der Waals surface area contributed by atoms with Crippen molar-refractivity contribution in [2.75, 3.05) is 26.3 Å². The van der Waals surface area contributed by atoms with E-state index < -0.39 is 23.6 Å². The van der Waals surface area contributed by atoms with E-state index in [1.165, 1.54) is 0 Å². The third kappa shape index (κ3) is 8.42. The van der Waals surface area contributed by atoms with E-state index in [0.717, 1.165) is 6.54 Å². The molecule has 2 unspecified atom stereocenters. The van der Waals surface area contributed by atoms with Crippen LogP contribution in [-0.2, 0) is 19.2 Å². The predicted octanol–water partition coefficient (Wildman–Crippen LogP) is -0.0639. The highest BCUT2D eigenvalue weighted by Crippen LogP contribution is 2.14. The van der Waals surface area contributed by atoms with Gasteiger partial charge in [-0.05, 0) is 32.0 Å². The summed E-state index contributed by atoms with van der Waals surface area (Å²) in [4.78, 5) is 41.6. The SMILES string of the molecule is CCCOC(=O)NC(CCCCNC1NC=CCN1)(NC(=O)CC1=NOCC1)C(=O)O. The average Bonchev–Trinajstić information content (AvgIpc) is 3.25. The molecule has 2 amide bonds. The summed E-state index contributed by atoms with van der Waals surface area (Å²) >= 11 is 0. The van der Waals surface area contributed by atoms with Crippen LogP contribution in [0.25, 0.3) is 0 Å². The van der Waals surface area contributed by atoms with E-state index >= 15 is 0 Å². The number of unbranched alkanes of at least 4 members (excludes halogenated alkanes) is 1. The van der Waals surface area contributed by atoms with Gasteiger partial charge in [0.25, 0.3) is 0 Å². The number of hydrogen-bond donors (Lipinski definition) is 6. The molecular weight excluding hydrogens is 408 g/mol. The van der Waals surface area contributed by atoms with Gasteiger partial charge in [-0.1, -0.05) is 18.2 Å². The summed E-state index contributed by atoms with van der Waals surface area (Å²) in [7, 11) is 0. The first-order chi connectivity index (χ1) is 14.9. The fourth-order valence-electron chi connectivity index (χ4n) is 3.07. The zero-order valence-electron chi connectivity index (χ0n) is 17.7. The second kappa shape index (κ2) is 12.7. The number of carboxylic acid groups (broad SMARTS) is 1. The fraction of sp³-hybridized carbons (Fsp3) is 0.684. The zero-order valence-corrected chi connectivity index (χ0v) is 17.7. The normalized spacial score (nSPS) is 19.4. The molecule has 12 nitrogen and oxygen atoms in total. The highest BCUT2D eigenvalue weighted by molar-refractivity contribution is 6.03. The number of rotatable bonds is 13. The van der Waals surface area contributed by atoms with Crippen LogP contribution in [-0.4, -0.2) is 67.0 Å². The lowest BCUT2D eigenvalue weighted by molar-refractivity contribution is -0.149. The van der Waals surface area contributed by atoms with Crippen LogP contribution in [0.3, 0.4) is 0 Å². The molecule has 2 atom stereocenters. The third-order valence-corrected chi connectivity index (χ3v) is 4.66. The van der Waals surface area contributed by atoms with Crippen LogP contribution >= 0.6 is 0 Å². The lowest BCUT2D eigenvalue weighted by Gasteiger charge is -2.31. The lowest BCUT2D eigenvalue weighted by Crippen LogP contribution is -2.65. The lowest BCUT2D eigenvalue weighted by atomic mass is 10.0. The molecule has 0 saturated heterocycles. The molecule has 0 saturated carbocycles. The van der Waals surface area contributed by atoms with Crippen LogP contribution in [0.4, 0.5) is 4.79 Å². The molecule has 2 aliphatic rings. The summed E-state index contributed by atoms with van der Waals surface area (Å²) in [5.41, 5.74) is -1.46. The Hall–Kier alpha value is -2.86. The van der Waals surface area contributed by atoms with Gasteiger partial charge in [0.15, 0.2) is 0 Å². The Labute approximate surface area is 181 Å².